The summed E-state index contributed by atoms with van der Waals surface area (Å²) in [4.78, 5) is 14.1. The van der Waals surface area contributed by atoms with Crippen molar-refractivity contribution in [3.05, 3.63) is 77.2 Å². The molecule has 0 aliphatic carbocycles. The van der Waals surface area contributed by atoms with Gasteiger partial charge in [-0.15, -0.1) is 0 Å². The Hall–Kier alpha value is -2.44. The zero-order valence-corrected chi connectivity index (χ0v) is 14.6. The fraction of sp³-hybridized carbons (Fsp3) is 0.211. The van der Waals surface area contributed by atoms with Gasteiger partial charge in [-0.2, -0.15) is 4.31 Å². The normalized spacial score (nSPS) is 16.2. The maximum absolute atomic E-state index is 12.4. The van der Waals surface area contributed by atoms with Crippen LogP contribution in [0.15, 0.2) is 66.1 Å². The Morgan fingerprint density at radius 3 is 2.00 bits per heavy atom. The maximum Gasteiger partial charge on any atom is 0.253 e. The van der Waals surface area contributed by atoms with Gasteiger partial charge in [0.2, 0.25) is 10.0 Å². The summed E-state index contributed by atoms with van der Waals surface area (Å²) in [6, 6.07) is 18.4. The Balaban J connectivity index is 1.61. The molecule has 1 aliphatic rings. The highest BCUT2D eigenvalue weighted by atomic mass is 32.2. The van der Waals surface area contributed by atoms with Crippen molar-refractivity contribution >= 4 is 22.0 Å². The number of hydrogen-bond donors (Lipinski definition) is 0. The number of carbonyl (C=O) groups is 1. The van der Waals surface area contributed by atoms with Gasteiger partial charge >= 0.3 is 0 Å². The predicted octanol–water partition coefficient (Wildman–Crippen LogP) is 2.45. The molecule has 1 saturated heterocycles. The number of nitrogens with zero attached hydrogens (tertiary/aromatic N) is 2. The van der Waals surface area contributed by atoms with Crippen LogP contribution in [0.3, 0.4) is 0 Å². The second kappa shape index (κ2) is 7.63. The Morgan fingerprint density at radius 2 is 1.40 bits per heavy atom. The van der Waals surface area contributed by atoms with E-state index in [0.717, 1.165) is 5.56 Å². The molecule has 0 saturated carbocycles. The summed E-state index contributed by atoms with van der Waals surface area (Å²) in [7, 11) is -3.48. The topological polar surface area (TPSA) is 57.7 Å². The standard InChI is InChI=1S/C19H20N2O3S/c22-19(18-9-5-2-6-10-18)20-12-14-21(15-13-20)25(23,24)16-11-17-7-3-1-4-8-17/h1-11,16H,12-15H2/b16-11+. The molecule has 130 valence electrons. The van der Waals surface area contributed by atoms with E-state index in [2.05, 4.69) is 0 Å². The SMILES string of the molecule is O=C(c1ccccc1)N1CCN(S(=O)(=O)/C=C/c2ccccc2)CC1. The van der Waals surface area contributed by atoms with Crippen LogP contribution in [0.25, 0.3) is 6.08 Å². The minimum absolute atomic E-state index is 0.0579. The van der Waals surface area contributed by atoms with E-state index in [0.29, 0.717) is 31.7 Å². The van der Waals surface area contributed by atoms with Gasteiger partial charge in [-0.25, -0.2) is 8.42 Å². The zero-order valence-electron chi connectivity index (χ0n) is 13.8. The van der Waals surface area contributed by atoms with Gasteiger partial charge in [-0.3, -0.25) is 4.79 Å². The smallest absolute Gasteiger partial charge is 0.253 e. The van der Waals surface area contributed by atoms with Crippen molar-refractivity contribution in [2.75, 3.05) is 26.2 Å². The summed E-state index contributed by atoms with van der Waals surface area (Å²) in [6.07, 6.45) is 1.59. The van der Waals surface area contributed by atoms with E-state index in [1.54, 1.807) is 23.1 Å². The Kier molecular flexibility index (Phi) is 5.31. The monoisotopic (exact) mass is 356 g/mol. The molecule has 5 nitrogen and oxygen atoms in total. The van der Waals surface area contributed by atoms with Crippen LogP contribution in [-0.2, 0) is 10.0 Å². The third-order valence-electron chi connectivity index (χ3n) is 4.14. The van der Waals surface area contributed by atoms with E-state index in [4.69, 9.17) is 0 Å². The molecule has 0 N–H and O–H groups in total. The number of amides is 1. The molecular formula is C19H20N2O3S. The van der Waals surface area contributed by atoms with E-state index < -0.39 is 10.0 Å². The molecule has 1 fully saturated rings. The van der Waals surface area contributed by atoms with Crippen LogP contribution in [-0.4, -0.2) is 49.7 Å². The Morgan fingerprint density at radius 1 is 0.840 bits per heavy atom. The summed E-state index contributed by atoms with van der Waals surface area (Å²) in [6.45, 7) is 1.40. The van der Waals surface area contributed by atoms with Crippen molar-refractivity contribution < 1.29 is 13.2 Å². The number of piperazine rings is 1. The fourth-order valence-electron chi connectivity index (χ4n) is 2.72. The maximum atomic E-state index is 12.4. The molecule has 0 unspecified atom stereocenters. The number of rotatable bonds is 4. The van der Waals surface area contributed by atoms with Crippen LogP contribution in [0, 0.1) is 0 Å². The molecule has 2 aromatic rings. The van der Waals surface area contributed by atoms with Crippen LogP contribution in [0.1, 0.15) is 15.9 Å². The molecule has 0 bridgehead atoms. The van der Waals surface area contributed by atoms with Crippen molar-refractivity contribution in [3.63, 3.8) is 0 Å². The van der Waals surface area contributed by atoms with E-state index in [-0.39, 0.29) is 5.91 Å². The minimum atomic E-state index is -3.48. The van der Waals surface area contributed by atoms with E-state index in [9.17, 15) is 13.2 Å². The summed E-state index contributed by atoms with van der Waals surface area (Å²) < 4.78 is 26.3. The van der Waals surface area contributed by atoms with E-state index in [1.807, 2.05) is 48.5 Å². The van der Waals surface area contributed by atoms with Crippen molar-refractivity contribution in [3.8, 4) is 0 Å². The third kappa shape index (κ3) is 4.35. The molecule has 3 rings (SSSR count). The Bertz CT molecular complexity index is 841. The molecule has 2 aromatic carbocycles. The zero-order chi connectivity index (χ0) is 17.7. The van der Waals surface area contributed by atoms with Gasteiger partial charge < -0.3 is 4.90 Å². The van der Waals surface area contributed by atoms with Crippen LogP contribution in [0.4, 0.5) is 0 Å². The second-order valence-corrected chi connectivity index (χ2v) is 7.63. The van der Waals surface area contributed by atoms with Gasteiger partial charge in [0.15, 0.2) is 0 Å². The minimum Gasteiger partial charge on any atom is -0.336 e. The highest BCUT2D eigenvalue weighted by Crippen LogP contribution is 2.13. The summed E-state index contributed by atoms with van der Waals surface area (Å²) in [5, 5.41) is 1.23. The van der Waals surface area contributed by atoms with E-state index >= 15 is 0 Å². The average molecular weight is 356 g/mol. The van der Waals surface area contributed by atoms with Crippen LogP contribution < -0.4 is 0 Å². The predicted molar refractivity (Wildman–Crippen MR) is 98.3 cm³/mol. The number of benzene rings is 2. The van der Waals surface area contributed by atoms with Crippen LogP contribution >= 0.6 is 0 Å². The first-order chi connectivity index (χ1) is 12.1. The van der Waals surface area contributed by atoms with Crippen molar-refractivity contribution in [2.24, 2.45) is 0 Å². The van der Waals surface area contributed by atoms with Gasteiger partial charge in [0.1, 0.15) is 0 Å². The van der Waals surface area contributed by atoms with E-state index in [1.165, 1.54) is 9.71 Å². The lowest BCUT2D eigenvalue weighted by molar-refractivity contribution is 0.0698. The molecule has 0 spiro atoms. The van der Waals surface area contributed by atoms with Gasteiger partial charge in [0.05, 0.1) is 0 Å². The molecule has 1 amide bonds. The van der Waals surface area contributed by atoms with Crippen molar-refractivity contribution in [2.45, 2.75) is 0 Å². The van der Waals surface area contributed by atoms with Gasteiger partial charge in [-0.1, -0.05) is 48.5 Å². The van der Waals surface area contributed by atoms with Gasteiger partial charge in [0, 0.05) is 37.2 Å². The largest absolute Gasteiger partial charge is 0.336 e. The molecule has 0 atom stereocenters. The molecule has 0 aromatic heterocycles. The first-order valence-electron chi connectivity index (χ1n) is 8.14. The molecular weight excluding hydrogens is 336 g/mol. The number of hydrogen-bond acceptors (Lipinski definition) is 3. The fourth-order valence-corrected chi connectivity index (χ4v) is 3.90. The second-order valence-electron chi connectivity index (χ2n) is 5.82. The van der Waals surface area contributed by atoms with Gasteiger partial charge in [0.25, 0.3) is 5.91 Å². The van der Waals surface area contributed by atoms with Crippen molar-refractivity contribution in [1.82, 2.24) is 9.21 Å². The molecule has 25 heavy (non-hydrogen) atoms. The van der Waals surface area contributed by atoms with Crippen LogP contribution in [0.5, 0.6) is 0 Å². The first kappa shape index (κ1) is 17.4. The lowest BCUT2D eigenvalue weighted by atomic mass is 10.2. The van der Waals surface area contributed by atoms with Crippen molar-refractivity contribution in [1.29, 1.82) is 0 Å². The number of carbonyl (C=O) groups excluding carboxylic acids is 1. The van der Waals surface area contributed by atoms with Gasteiger partial charge in [-0.05, 0) is 23.8 Å². The third-order valence-corrected chi connectivity index (χ3v) is 5.70. The molecule has 1 heterocycles. The molecule has 1 aliphatic heterocycles. The average Bonchev–Trinajstić information content (AvgIpc) is 2.67. The Labute approximate surface area is 148 Å². The molecule has 0 radical (unpaired) electrons. The summed E-state index contributed by atoms with van der Waals surface area (Å²) >= 11 is 0. The molecule has 6 heteroatoms. The highest BCUT2D eigenvalue weighted by Gasteiger charge is 2.27. The van der Waals surface area contributed by atoms with Crippen LogP contribution in [0.2, 0.25) is 0 Å². The summed E-state index contributed by atoms with van der Waals surface area (Å²) in [5.74, 6) is -0.0579. The quantitative estimate of drug-likeness (QED) is 0.845. The lowest BCUT2D eigenvalue weighted by Gasteiger charge is -2.33. The summed E-state index contributed by atoms with van der Waals surface area (Å²) in [5.41, 5.74) is 1.46. The number of sulfonamides is 1. The first-order valence-corrected chi connectivity index (χ1v) is 9.64. The highest BCUT2D eigenvalue weighted by molar-refractivity contribution is 7.92. The lowest BCUT2D eigenvalue weighted by Crippen LogP contribution is -2.50.